The maximum absolute atomic E-state index is 9.34. The van der Waals surface area contributed by atoms with Crippen molar-refractivity contribution in [3.05, 3.63) is 0 Å². The molecule has 0 amide bonds. The van der Waals surface area contributed by atoms with Crippen LogP contribution in [0, 0.1) is 0 Å². The fourth-order valence-electron chi connectivity index (χ4n) is 0. The predicted molar refractivity (Wildman–Crippen MR) is 22.7 cm³/mol. The standard InChI is InChI=1S/C3H6O3.Hf.H3N/c1-2(4)3(5)6;;/h2,4H,1H3,(H,5,6);;1H3/q;+4;. The molecule has 0 saturated heterocycles. The molecule has 0 fully saturated rings. The van der Waals surface area contributed by atoms with Crippen molar-refractivity contribution < 1.29 is 40.9 Å². The van der Waals surface area contributed by atoms with Gasteiger partial charge in [0, 0.05) is 0 Å². The van der Waals surface area contributed by atoms with Gasteiger partial charge in [-0.1, -0.05) is 0 Å². The second-order valence-corrected chi connectivity index (χ2v) is 0.995. The van der Waals surface area contributed by atoms with Crippen LogP contribution in [0.25, 0.3) is 0 Å². The Morgan fingerprint density at radius 3 is 1.88 bits per heavy atom. The Labute approximate surface area is 66.3 Å². The third-order valence-corrected chi connectivity index (χ3v) is 0.341. The van der Waals surface area contributed by atoms with E-state index in [2.05, 4.69) is 0 Å². The van der Waals surface area contributed by atoms with Crippen molar-refractivity contribution in [2.75, 3.05) is 0 Å². The Morgan fingerprint density at radius 2 is 1.88 bits per heavy atom. The Balaban J connectivity index is -0.000000125. The zero-order valence-corrected chi connectivity index (χ0v) is 8.43. The topological polar surface area (TPSA) is 96.9 Å². The van der Waals surface area contributed by atoms with Gasteiger partial charge in [0.25, 0.3) is 0 Å². The largest absolute Gasteiger partial charge is 4.00 e. The van der Waals surface area contributed by atoms with Crippen LogP contribution in [0.1, 0.15) is 6.92 Å². The average Bonchev–Trinajstić information content (AvgIpc) is 1.36. The van der Waals surface area contributed by atoms with Gasteiger partial charge >= 0.3 is 25.8 Å². The zero-order chi connectivity index (χ0) is 5.15. The van der Waals surface area contributed by atoms with Gasteiger partial charge in [0.05, 0.1) is 12.1 Å². The average molecular weight is 286 g/mol. The van der Waals surface area contributed by atoms with E-state index in [9.17, 15) is 9.90 Å². The van der Waals surface area contributed by atoms with Gasteiger partial charge in [-0.3, -0.25) is 0 Å². The minimum absolute atomic E-state index is 0. The first-order valence-corrected chi connectivity index (χ1v) is 1.53. The third-order valence-electron chi connectivity index (χ3n) is 0.341. The summed E-state index contributed by atoms with van der Waals surface area (Å²) in [6.07, 6.45) is -1.34. The Morgan fingerprint density at radius 1 is 1.75 bits per heavy atom. The van der Waals surface area contributed by atoms with E-state index in [0.29, 0.717) is 0 Å². The number of carboxylic acid groups (broad SMARTS) is 1. The summed E-state index contributed by atoms with van der Waals surface area (Å²) >= 11 is 0. The molecule has 0 aromatic heterocycles. The first-order chi connectivity index (χ1) is 2.64. The van der Waals surface area contributed by atoms with Gasteiger partial charge in [0.1, 0.15) is 0 Å². The second kappa shape index (κ2) is 7.26. The number of aliphatic hydroxyl groups is 1. The van der Waals surface area contributed by atoms with E-state index < -0.39 is 12.1 Å². The van der Waals surface area contributed by atoms with Crippen molar-refractivity contribution in [1.29, 1.82) is 0 Å². The summed E-state index contributed by atoms with van der Waals surface area (Å²) in [4.78, 5) is 9.34. The molecule has 0 heterocycles. The summed E-state index contributed by atoms with van der Waals surface area (Å²) in [6, 6.07) is 0. The molecule has 44 valence electrons. The van der Waals surface area contributed by atoms with E-state index >= 15 is 0 Å². The van der Waals surface area contributed by atoms with E-state index in [0.717, 1.165) is 6.92 Å². The molecule has 0 aliphatic rings. The molecule has 8 heavy (non-hydrogen) atoms. The van der Waals surface area contributed by atoms with Crippen molar-refractivity contribution in [3.63, 3.8) is 0 Å². The molecule has 0 spiro atoms. The van der Waals surface area contributed by atoms with Crippen molar-refractivity contribution in [2.45, 2.75) is 13.0 Å². The maximum atomic E-state index is 9.34. The molecule has 0 saturated carbocycles. The van der Waals surface area contributed by atoms with Crippen LogP contribution in [-0.2, 0) is 30.6 Å². The van der Waals surface area contributed by atoms with E-state index in [4.69, 9.17) is 5.11 Å². The first-order valence-electron chi connectivity index (χ1n) is 1.53. The van der Waals surface area contributed by atoms with Gasteiger partial charge in [0.2, 0.25) is 0 Å². The summed E-state index contributed by atoms with van der Waals surface area (Å²) in [5.74, 6) is -1.44. The molecule has 5 N–H and O–H groups in total. The molecule has 5 heteroatoms. The minimum Gasteiger partial charge on any atom is -0.547 e. The number of aliphatic hydroxyl groups excluding tert-OH is 1. The molecule has 0 radical (unpaired) electrons. The van der Waals surface area contributed by atoms with Gasteiger partial charge in [-0.15, -0.1) is 0 Å². The minimum atomic E-state index is -1.44. The van der Waals surface area contributed by atoms with Crippen LogP contribution in [0.5, 0.6) is 0 Å². The van der Waals surface area contributed by atoms with Crippen LogP contribution in [0.2, 0.25) is 0 Å². The summed E-state index contributed by atoms with van der Waals surface area (Å²) < 4.78 is 0. The predicted octanol–water partition coefficient (Wildman–Crippen LogP) is -1.51. The molecule has 0 aromatic carbocycles. The molecule has 0 aromatic rings. The molecule has 0 rings (SSSR count). The molecule has 0 aliphatic carbocycles. The fraction of sp³-hybridized carbons (Fsp3) is 0.667. The first kappa shape index (κ1) is 15.7. The monoisotopic (exact) mass is 287 g/mol. The van der Waals surface area contributed by atoms with Crippen LogP contribution in [0.3, 0.4) is 0 Å². The van der Waals surface area contributed by atoms with E-state index in [1.54, 1.807) is 0 Å². The molecule has 4 nitrogen and oxygen atoms in total. The Hall–Kier alpha value is 0.260. The van der Waals surface area contributed by atoms with E-state index in [-0.39, 0.29) is 32.0 Å². The van der Waals surface area contributed by atoms with Gasteiger partial charge < -0.3 is 21.2 Å². The van der Waals surface area contributed by atoms with Crippen LogP contribution in [-0.4, -0.2) is 17.2 Å². The number of carbonyl (C=O) groups excluding carboxylic acids is 1. The van der Waals surface area contributed by atoms with Gasteiger partial charge in [-0.2, -0.15) is 0 Å². The SMILES string of the molecule is CC(O)C(=O)[O-].[Hf+4].[NH4+]. The zero-order valence-electron chi connectivity index (χ0n) is 4.84. The van der Waals surface area contributed by atoms with Gasteiger partial charge in [-0.25, -0.2) is 0 Å². The smallest absolute Gasteiger partial charge is 0.547 e. The maximum Gasteiger partial charge on any atom is 4.00 e. The van der Waals surface area contributed by atoms with Crippen LogP contribution in [0.4, 0.5) is 0 Å². The second-order valence-electron chi connectivity index (χ2n) is 0.995. The molecular formula is C3H9HfNO3+4. The van der Waals surface area contributed by atoms with Crippen molar-refractivity contribution >= 4 is 5.97 Å². The number of rotatable bonds is 1. The quantitative estimate of drug-likeness (QED) is 0.573. The summed E-state index contributed by atoms with van der Waals surface area (Å²) in [5, 5.41) is 17.3. The number of carboxylic acids is 1. The third kappa shape index (κ3) is 9.54. The molecule has 1 atom stereocenters. The molecule has 0 aliphatic heterocycles. The molecule has 1 unspecified atom stereocenters. The fourth-order valence-corrected chi connectivity index (χ4v) is 0. The number of hydrogen-bond donors (Lipinski definition) is 2. The Kier molecular flexibility index (Phi) is 14.3. The van der Waals surface area contributed by atoms with E-state index in [1.807, 2.05) is 0 Å². The van der Waals surface area contributed by atoms with Crippen LogP contribution in [0.15, 0.2) is 0 Å². The van der Waals surface area contributed by atoms with Crippen molar-refractivity contribution in [1.82, 2.24) is 6.15 Å². The van der Waals surface area contributed by atoms with Crippen LogP contribution >= 0.6 is 0 Å². The molecular weight excluding hydrogens is 277 g/mol. The number of aliphatic carboxylic acids is 1. The Bertz CT molecular complexity index is 65.5. The van der Waals surface area contributed by atoms with Gasteiger partial charge in [-0.05, 0) is 6.92 Å². The van der Waals surface area contributed by atoms with Gasteiger partial charge in [0.15, 0.2) is 0 Å². The number of hydrogen-bond acceptors (Lipinski definition) is 3. The summed E-state index contributed by atoms with van der Waals surface area (Å²) in [6.45, 7) is 1.13. The summed E-state index contributed by atoms with van der Waals surface area (Å²) in [7, 11) is 0. The van der Waals surface area contributed by atoms with Crippen LogP contribution < -0.4 is 11.3 Å². The van der Waals surface area contributed by atoms with Crippen molar-refractivity contribution in [3.8, 4) is 0 Å². The number of quaternary nitrogens is 1. The summed E-state index contributed by atoms with van der Waals surface area (Å²) in [5.41, 5.74) is 0. The molecule has 0 bridgehead atoms. The normalized spacial score (nSPS) is 10.2. The number of carbonyl (C=O) groups is 1. The van der Waals surface area contributed by atoms with E-state index in [1.165, 1.54) is 0 Å². The van der Waals surface area contributed by atoms with Crippen molar-refractivity contribution in [2.24, 2.45) is 0 Å².